The molecule has 21 heavy (non-hydrogen) atoms. The molecule has 0 aromatic rings. The molecule has 0 N–H and O–H groups in total. The van der Waals surface area contributed by atoms with Gasteiger partial charge in [-0.15, -0.1) is 0 Å². The third kappa shape index (κ3) is 8.24. The molecule has 0 fully saturated rings. The van der Waals surface area contributed by atoms with Gasteiger partial charge in [-0.25, -0.2) is 4.79 Å². The normalized spacial score (nSPS) is 13.9. The number of halogens is 3. The maximum Gasteiger partial charge on any atom is 0.413 e. The molecule has 0 radical (unpaired) electrons. The molecule has 0 heterocycles. The lowest BCUT2D eigenvalue weighted by Crippen LogP contribution is -2.20. The van der Waals surface area contributed by atoms with Gasteiger partial charge in [0, 0.05) is 6.08 Å². The summed E-state index contributed by atoms with van der Waals surface area (Å²) in [6.07, 6.45) is -6.84. The van der Waals surface area contributed by atoms with Crippen molar-refractivity contribution in [1.82, 2.24) is 0 Å². The van der Waals surface area contributed by atoms with E-state index in [-0.39, 0.29) is 6.08 Å². The second kappa shape index (κ2) is 7.96. The van der Waals surface area contributed by atoms with Crippen molar-refractivity contribution < 1.29 is 36.3 Å². The molecule has 0 aromatic carbocycles. The lowest BCUT2D eigenvalue weighted by atomic mass is 10.3. The van der Waals surface area contributed by atoms with Crippen LogP contribution in [0.2, 0.25) is 0 Å². The molecule has 0 unspecified atom stereocenters. The number of esters is 1. The van der Waals surface area contributed by atoms with E-state index in [1.807, 2.05) is 0 Å². The predicted molar refractivity (Wildman–Crippen MR) is 71.1 cm³/mol. The first-order chi connectivity index (χ1) is 9.39. The molecule has 0 bridgehead atoms. The molecule has 0 aliphatic rings. The zero-order valence-corrected chi connectivity index (χ0v) is 13.5. The Labute approximate surface area is 122 Å². The third-order valence-electron chi connectivity index (χ3n) is 1.96. The van der Waals surface area contributed by atoms with E-state index in [1.54, 1.807) is 0 Å². The number of carbonyl (C=O) groups is 1. The Morgan fingerprint density at radius 3 is 1.86 bits per heavy atom. The fourth-order valence-corrected chi connectivity index (χ4v) is 3.54. The van der Waals surface area contributed by atoms with Gasteiger partial charge in [-0.2, -0.15) is 13.2 Å². The highest BCUT2D eigenvalue weighted by molar-refractivity contribution is 7.54. The molecule has 0 spiro atoms. The standard InChI is InChI=1S/C12H20F3O5P/c1-8(2)19-21(17,20-9(3)4)7-10(12(13,14)15)6-11(16)18-5/h6,8-9H,7H2,1-5H3/b10-6-. The highest BCUT2D eigenvalue weighted by Crippen LogP contribution is 2.53. The van der Waals surface area contributed by atoms with Crippen molar-refractivity contribution >= 4 is 13.6 Å². The first kappa shape index (κ1) is 20.1. The summed E-state index contributed by atoms with van der Waals surface area (Å²) in [6.45, 7) is 6.09. The molecule has 0 aromatic heterocycles. The second-order valence-corrected chi connectivity index (χ2v) is 6.73. The van der Waals surface area contributed by atoms with E-state index in [0.29, 0.717) is 0 Å². The quantitative estimate of drug-likeness (QED) is 0.404. The van der Waals surface area contributed by atoms with E-state index in [2.05, 4.69) is 4.74 Å². The first-order valence-corrected chi connectivity index (χ1v) is 7.94. The van der Waals surface area contributed by atoms with Gasteiger partial charge in [-0.1, -0.05) is 0 Å². The van der Waals surface area contributed by atoms with Crippen molar-refractivity contribution in [3.63, 3.8) is 0 Å². The average molecular weight is 332 g/mol. The van der Waals surface area contributed by atoms with E-state index in [9.17, 15) is 22.5 Å². The molecule has 0 rings (SSSR count). The Morgan fingerprint density at radius 1 is 1.14 bits per heavy atom. The van der Waals surface area contributed by atoms with E-state index >= 15 is 0 Å². The van der Waals surface area contributed by atoms with Crippen LogP contribution in [0, 0.1) is 0 Å². The van der Waals surface area contributed by atoms with E-state index in [1.165, 1.54) is 27.7 Å². The van der Waals surface area contributed by atoms with Crippen molar-refractivity contribution in [2.24, 2.45) is 0 Å². The number of alkyl halides is 3. The van der Waals surface area contributed by atoms with Crippen LogP contribution in [0.3, 0.4) is 0 Å². The van der Waals surface area contributed by atoms with Gasteiger partial charge in [0.05, 0.1) is 31.1 Å². The smallest absolute Gasteiger partial charge is 0.413 e. The Kier molecular flexibility index (Phi) is 7.64. The molecule has 5 nitrogen and oxygen atoms in total. The number of hydrogen-bond acceptors (Lipinski definition) is 5. The van der Waals surface area contributed by atoms with E-state index in [4.69, 9.17) is 9.05 Å². The molecule has 124 valence electrons. The Morgan fingerprint density at radius 2 is 1.57 bits per heavy atom. The lowest BCUT2D eigenvalue weighted by molar-refractivity contribution is -0.136. The van der Waals surface area contributed by atoms with Gasteiger partial charge in [-0.05, 0) is 27.7 Å². The molecule has 0 saturated carbocycles. The Hall–Kier alpha value is -0.850. The minimum atomic E-state index is -4.84. The summed E-state index contributed by atoms with van der Waals surface area (Å²) in [7, 11) is -3.10. The summed E-state index contributed by atoms with van der Waals surface area (Å²) in [6, 6.07) is 0. The lowest BCUT2D eigenvalue weighted by Gasteiger charge is -2.24. The highest BCUT2D eigenvalue weighted by Gasteiger charge is 2.41. The van der Waals surface area contributed by atoms with Crippen LogP contribution in [0.1, 0.15) is 27.7 Å². The van der Waals surface area contributed by atoms with Crippen molar-refractivity contribution in [1.29, 1.82) is 0 Å². The van der Waals surface area contributed by atoms with Gasteiger partial charge in [0.25, 0.3) is 0 Å². The fourth-order valence-electron chi connectivity index (χ4n) is 1.37. The second-order valence-electron chi connectivity index (χ2n) is 4.77. The Bertz CT molecular complexity index is 415. The molecule has 0 aliphatic heterocycles. The van der Waals surface area contributed by atoms with Gasteiger partial charge in [0.1, 0.15) is 0 Å². The summed E-state index contributed by atoms with van der Waals surface area (Å²) in [5.74, 6) is -1.19. The van der Waals surface area contributed by atoms with Crippen LogP contribution < -0.4 is 0 Å². The maximum atomic E-state index is 12.9. The van der Waals surface area contributed by atoms with Crippen molar-refractivity contribution in [2.45, 2.75) is 46.1 Å². The largest absolute Gasteiger partial charge is 0.466 e. The van der Waals surface area contributed by atoms with Crippen LogP contribution in [0.5, 0.6) is 0 Å². The zero-order valence-electron chi connectivity index (χ0n) is 12.6. The number of methoxy groups -OCH3 is 1. The fraction of sp³-hybridized carbons (Fsp3) is 0.750. The van der Waals surface area contributed by atoms with Crippen LogP contribution in [-0.2, 0) is 23.1 Å². The van der Waals surface area contributed by atoms with Gasteiger partial charge in [-0.3, -0.25) is 4.57 Å². The van der Waals surface area contributed by atoms with E-state index in [0.717, 1.165) is 7.11 Å². The number of allylic oxidation sites excluding steroid dienone is 1. The van der Waals surface area contributed by atoms with Crippen molar-refractivity contribution in [3.05, 3.63) is 11.6 Å². The van der Waals surface area contributed by atoms with Gasteiger partial charge < -0.3 is 13.8 Å². The summed E-state index contributed by atoms with van der Waals surface area (Å²) < 4.78 is 65.4. The van der Waals surface area contributed by atoms with Crippen LogP contribution in [0.25, 0.3) is 0 Å². The molecule has 0 aliphatic carbocycles. The molecule has 9 heteroatoms. The van der Waals surface area contributed by atoms with Crippen LogP contribution in [0.4, 0.5) is 13.2 Å². The molecule has 0 saturated heterocycles. The van der Waals surface area contributed by atoms with Gasteiger partial charge in [0.15, 0.2) is 0 Å². The summed E-state index contributed by atoms with van der Waals surface area (Å²) in [4.78, 5) is 11.0. The number of ether oxygens (including phenoxy) is 1. The molecular formula is C12H20F3O5P. The Balaban J connectivity index is 5.46. The number of carbonyl (C=O) groups excluding carboxylic acids is 1. The van der Waals surface area contributed by atoms with Crippen molar-refractivity contribution in [2.75, 3.05) is 13.3 Å². The minimum absolute atomic E-state index is 0.250. The van der Waals surface area contributed by atoms with Gasteiger partial charge in [0.2, 0.25) is 0 Å². The van der Waals surface area contributed by atoms with Crippen LogP contribution in [0.15, 0.2) is 11.6 Å². The monoisotopic (exact) mass is 332 g/mol. The van der Waals surface area contributed by atoms with Crippen LogP contribution >= 0.6 is 7.60 Å². The van der Waals surface area contributed by atoms with Crippen LogP contribution in [-0.4, -0.2) is 37.6 Å². The average Bonchev–Trinajstić information content (AvgIpc) is 2.23. The minimum Gasteiger partial charge on any atom is -0.466 e. The summed E-state index contributed by atoms with van der Waals surface area (Å²) in [5.41, 5.74) is -1.32. The first-order valence-electron chi connectivity index (χ1n) is 6.21. The molecular weight excluding hydrogens is 312 g/mol. The third-order valence-corrected chi connectivity index (χ3v) is 4.18. The summed E-state index contributed by atoms with van der Waals surface area (Å²) in [5, 5.41) is 0. The van der Waals surface area contributed by atoms with E-state index < -0.39 is 43.7 Å². The summed E-state index contributed by atoms with van der Waals surface area (Å²) >= 11 is 0. The SMILES string of the molecule is COC(=O)/C=C(/CP(=O)(OC(C)C)OC(C)C)C(F)(F)F. The molecule has 0 amide bonds. The topological polar surface area (TPSA) is 61.8 Å². The number of hydrogen-bond donors (Lipinski definition) is 0. The number of rotatable bonds is 7. The van der Waals surface area contributed by atoms with Gasteiger partial charge >= 0.3 is 19.7 Å². The van der Waals surface area contributed by atoms with Crippen molar-refractivity contribution in [3.8, 4) is 0 Å². The zero-order chi connectivity index (χ0) is 16.8. The maximum absolute atomic E-state index is 12.9. The highest BCUT2D eigenvalue weighted by atomic mass is 31.2. The molecule has 0 atom stereocenters. The predicted octanol–water partition coefficient (Wildman–Crippen LogP) is 3.69.